The first kappa shape index (κ1) is 18.0. The zero-order valence-corrected chi connectivity index (χ0v) is 15.7. The third-order valence-corrected chi connectivity index (χ3v) is 4.92. The molecule has 0 amide bonds. The number of hydrogen-bond acceptors (Lipinski definition) is 5. The van der Waals surface area contributed by atoms with Crippen molar-refractivity contribution in [3.05, 3.63) is 35.9 Å². The van der Waals surface area contributed by atoms with Crippen molar-refractivity contribution < 1.29 is 4.52 Å². The number of aromatic nitrogens is 1. The minimum absolute atomic E-state index is 0.505. The molecule has 3 rings (SSSR count). The van der Waals surface area contributed by atoms with Gasteiger partial charge in [-0.2, -0.15) is 0 Å². The van der Waals surface area contributed by atoms with Crippen molar-refractivity contribution >= 4 is 5.88 Å². The smallest absolute Gasteiger partial charge is 0.232 e. The first-order valence-electron chi connectivity index (χ1n) is 9.33. The fraction of sp³-hybridized carbons (Fsp3) is 0.550. The Kier molecular flexibility index (Phi) is 6.10. The molecule has 1 fully saturated rings. The van der Waals surface area contributed by atoms with Crippen molar-refractivity contribution in [1.82, 2.24) is 15.4 Å². The van der Waals surface area contributed by atoms with Crippen LogP contribution in [0.4, 0.5) is 5.88 Å². The van der Waals surface area contributed by atoms with Gasteiger partial charge in [0.05, 0.1) is 5.56 Å². The van der Waals surface area contributed by atoms with Gasteiger partial charge in [0.2, 0.25) is 5.88 Å². The maximum atomic E-state index is 5.86. The summed E-state index contributed by atoms with van der Waals surface area (Å²) >= 11 is 0. The Morgan fingerprint density at radius 2 is 2.04 bits per heavy atom. The monoisotopic (exact) mass is 342 g/mol. The van der Waals surface area contributed by atoms with Gasteiger partial charge in [-0.1, -0.05) is 35.5 Å². The molecule has 5 nitrogen and oxygen atoms in total. The van der Waals surface area contributed by atoms with E-state index in [4.69, 9.17) is 4.52 Å². The molecule has 0 spiro atoms. The van der Waals surface area contributed by atoms with Crippen LogP contribution in [0.5, 0.6) is 0 Å². The van der Waals surface area contributed by atoms with Crippen LogP contribution in [-0.2, 0) is 6.54 Å². The lowest BCUT2D eigenvalue weighted by Crippen LogP contribution is -2.38. The van der Waals surface area contributed by atoms with E-state index in [-0.39, 0.29) is 0 Å². The van der Waals surface area contributed by atoms with Gasteiger partial charge < -0.3 is 19.6 Å². The average molecular weight is 342 g/mol. The fourth-order valence-electron chi connectivity index (χ4n) is 3.42. The molecule has 5 heteroatoms. The van der Waals surface area contributed by atoms with Crippen molar-refractivity contribution in [1.29, 1.82) is 0 Å². The summed E-state index contributed by atoms with van der Waals surface area (Å²) in [7, 11) is 4.19. The van der Waals surface area contributed by atoms with Gasteiger partial charge >= 0.3 is 0 Å². The molecule has 136 valence electrons. The van der Waals surface area contributed by atoms with Crippen LogP contribution in [0.1, 0.15) is 31.7 Å². The zero-order chi connectivity index (χ0) is 17.6. The molecule has 1 N–H and O–H groups in total. The van der Waals surface area contributed by atoms with Crippen LogP contribution < -0.4 is 10.2 Å². The molecule has 0 saturated carbocycles. The van der Waals surface area contributed by atoms with Crippen LogP contribution in [0.25, 0.3) is 11.3 Å². The molecule has 1 saturated heterocycles. The number of nitrogens with zero attached hydrogens (tertiary/aromatic N) is 3. The molecule has 1 aromatic heterocycles. The van der Waals surface area contributed by atoms with Gasteiger partial charge in [-0.05, 0) is 40.3 Å². The molecule has 1 aliphatic rings. The molecule has 0 aliphatic carbocycles. The van der Waals surface area contributed by atoms with Crippen molar-refractivity contribution in [2.75, 3.05) is 38.6 Å². The summed E-state index contributed by atoms with van der Waals surface area (Å²) in [4.78, 5) is 4.58. The SMILES string of the molecule is CC1CCCCN1c1onc(-c2ccccc2)c1CNCCN(C)C. The zero-order valence-electron chi connectivity index (χ0n) is 15.7. The highest BCUT2D eigenvalue weighted by atomic mass is 16.5. The highest BCUT2D eigenvalue weighted by Gasteiger charge is 2.27. The van der Waals surface area contributed by atoms with Gasteiger partial charge in [-0.15, -0.1) is 0 Å². The summed E-state index contributed by atoms with van der Waals surface area (Å²) in [6.07, 6.45) is 3.74. The molecule has 0 radical (unpaired) electrons. The van der Waals surface area contributed by atoms with Gasteiger partial charge in [-0.25, -0.2) is 0 Å². The van der Waals surface area contributed by atoms with E-state index >= 15 is 0 Å². The van der Waals surface area contributed by atoms with Crippen LogP contribution in [0.15, 0.2) is 34.9 Å². The normalized spacial score (nSPS) is 18.1. The van der Waals surface area contributed by atoms with Gasteiger partial charge in [0, 0.05) is 37.8 Å². The second kappa shape index (κ2) is 8.50. The van der Waals surface area contributed by atoms with E-state index < -0.39 is 0 Å². The molecule has 2 heterocycles. The first-order valence-corrected chi connectivity index (χ1v) is 9.33. The summed E-state index contributed by atoms with van der Waals surface area (Å²) in [5.74, 6) is 0.948. The number of benzene rings is 1. The molecule has 1 unspecified atom stereocenters. The Morgan fingerprint density at radius 1 is 1.24 bits per heavy atom. The number of hydrogen-bond donors (Lipinski definition) is 1. The van der Waals surface area contributed by atoms with Gasteiger partial charge in [0.15, 0.2) is 0 Å². The fourth-order valence-corrected chi connectivity index (χ4v) is 3.42. The molecule has 0 bridgehead atoms. The number of anilines is 1. The third kappa shape index (κ3) is 4.41. The van der Waals surface area contributed by atoms with Gasteiger partial charge in [0.1, 0.15) is 5.69 Å². The molecular formula is C20H30N4O. The first-order chi connectivity index (χ1) is 12.2. The summed E-state index contributed by atoms with van der Waals surface area (Å²) in [5.41, 5.74) is 3.26. The maximum Gasteiger partial charge on any atom is 0.232 e. The molecule has 25 heavy (non-hydrogen) atoms. The van der Waals surface area contributed by atoms with Crippen LogP contribution >= 0.6 is 0 Å². The van der Waals surface area contributed by atoms with Crippen molar-refractivity contribution in [2.45, 2.75) is 38.8 Å². The Labute approximate surface area is 151 Å². The Morgan fingerprint density at radius 3 is 2.76 bits per heavy atom. The van der Waals surface area contributed by atoms with E-state index in [1.807, 2.05) is 6.07 Å². The number of rotatable bonds is 7. The number of nitrogens with one attached hydrogen (secondary N) is 1. The minimum Gasteiger partial charge on any atom is -0.338 e. The number of likely N-dealkylation sites (N-methyl/N-ethyl adjacent to an activating group) is 1. The van der Waals surface area contributed by atoms with Crippen LogP contribution in [0, 0.1) is 0 Å². The second-order valence-electron chi connectivity index (χ2n) is 7.20. The third-order valence-electron chi connectivity index (χ3n) is 4.92. The van der Waals surface area contributed by atoms with E-state index in [9.17, 15) is 0 Å². The molecule has 2 aromatic rings. The lowest BCUT2D eigenvalue weighted by Gasteiger charge is -2.33. The van der Waals surface area contributed by atoms with Crippen LogP contribution in [0.3, 0.4) is 0 Å². The minimum atomic E-state index is 0.505. The van der Waals surface area contributed by atoms with E-state index in [0.29, 0.717) is 6.04 Å². The number of piperidine rings is 1. The van der Waals surface area contributed by atoms with E-state index in [2.05, 4.69) is 65.6 Å². The highest BCUT2D eigenvalue weighted by molar-refractivity contribution is 5.68. The standard InChI is InChI=1S/C20H30N4O/c1-16-9-7-8-13-24(16)20-18(15-21-12-14-23(2)3)19(22-25-20)17-10-5-4-6-11-17/h4-6,10-11,16,21H,7-9,12-15H2,1-3H3. The van der Waals surface area contributed by atoms with E-state index in [1.165, 1.54) is 24.8 Å². The highest BCUT2D eigenvalue weighted by Crippen LogP contribution is 2.34. The summed E-state index contributed by atoms with van der Waals surface area (Å²) in [6, 6.07) is 10.8. The Bertz CT molecular complexity index is 653. The summed E-state index contributed by atoms with van der Waals surface area (Å²) in [6.45, 7) is 6.07. The molecule has 1 aromatic carbocycles. The average Bonchev–Trinajstić information content (AvgIpc) is 3.03. The summed E-state index contributed by atoms with van der Waals surface area (Å²) in [5, 5.41) is 8.00. The van der Waals surface area contributed by atoms with E-state index in [0.717, 1.165) is 43.3 Å². The predicted molar refractivity (Wildman–Crippen MR) is 103 cm³/mol. The second-order valence-corrected chi connectivity index (χ2v) is 7.20. The van der Waals surface area contributed by atoms with Crippen LogP contribution in [0.2, 0.25) is 0 Å². The molecular weight excluding hydrogens is 312 g/mol. The predicted octanol–water partition coefficient (Wildman–Crippen LogP) is 3.37. The lowest BCUT2D eigenvalue weighted by molar-refractivity contribution is 0.381. The Balaban J connectivity index is 1.85. The maximum absolute atomic E-state index is 5.86. The summed E-state index contributed by atoms with van der Waals surface area (Å²) < 4.78 is 5.86. The van der Waals surface area contributed by atoms with Crippen molar-refractivity contribution in [3.8, 4) is 11.3 Å². The van der Waals surface area contributed by atoms with Gasteiger partial charge in [0.25, 0.3) is 0 Å². The van der Waals surface area contributed by atoms with Gasteiger partial charge in [-0.3, -0.25) is 0 Å². The lowest BCUT2D eigenvalue weighted by atomic mass is 10.0. The largest absolute Gasteiger partial charge is 0.338 e. The molecule has 1 atom stereocenters. The van der Waals surface area contributed by atoms with E-state index in [1.54, 1.807) is 0 Å². The van der Waals surface area contributed by atoms with Crippen molar-refractivity contribution in [2.24, 2.45) is 0 Å². The quantitative estimate of drug-likeness (QED) is 0.782. The van der Waals surface area contributed by atoms with Crippen LogP contribution in [-0.4, -0.2) is 49.8 Å². The topological polar surface area (TPSA) is 44.5 Å². The Hall–Kier alpha value is -1.85. The van der Waals surface area contributed by atoms with Crippen molar-refractivity contribution in [3.63, 3.8) is 0 Å². The molecule has 1 aliphatic heterocycles.